The van der Waals surface area contributed by atoms with Crippen molar-refractivity contribution in [1.29, 1.82) is 0 Å². The lowest BCUT2D eigenvalue weighted by Crippen LogP contribution is -2.30. The Bertz CT molecular complexity index is 413. The van der Waals surface area contributed by atoms with Crippen molar-refractivity contribution in [3.05, 3.63) is 23.4 Å². The van der Waals surface area contributed by atoms with Gasteiger partial charge in [0, 0.05) is 24.3 Å². The molecule has 0 saturated heterocycles. The summed E-state index contributed by atoms with van der Waals surface area (Å²) in [5, 5.41) is 0. The van der Waals surface area contributed by atoms with Crippen LogP contribution in [-0.2, 0) is 0 Å². The fraction of sp³-hybridized carbons (Fsp3) is 0.538. The molecule has 5 heteroatoms. The number of carbonyl (C=O) groups is 1. The minimum Gasteiger partial charge on any atom is -0.339 e. The molecule has 1 heterocycles. The molecular formula is C13H22N4O. The fourth-order valence-electron chi connectivity index (χ4n) is 1.74. The highest BCUT2D eigenvalue weighted by Gasteiger charge is 2.15. The van der Waals surface area contributed by atoms with Gasteiger partial charge >= 0.3 is 0 Å². The first-order valence-corrected chi connectivity index (χ1v) is 6.31. The van der Waals surface area contributed by atoms with Gasteiger partial charge in [0.25, 0.3) is 5.91 Å². The maximum atomic E-state index is 12.3. The lowest BCUT2D eigenvalue weighted by molar-refractivity contribution is 0.0773. The maximum absolute atomic E-state index is 12.3. The first-order chi connectivity index (χ1) is 8.53. The van der Waals surface area contributed by atoms with E-state index in [1.165, 1.54) is 0 Å². The second-order valence-electron chi connectivity index (χ2n) is 4.44. The van der Waals surface area contributed by atoms with Crippen molar-refractivity contribution in [1.82, 2.24) is 9.88 Å². The van der Waals surface area contributed by atoms with Gasteiger partial charge in [0.2, 0.25) is 0 Å². The molecule has 0 fully saturated rings. The second-order valence-corrected chi connectivity index (χ2v) is 4.44. The predicted octanol–water partition coefficient (Wildman–Crippen LogP) is 1.97. The van der Waals surface area contributed by atoms with Gasteiger partial charge in [-0.25, -0.2) is 10.8 Å². The average molecular weight is 250 g/mol. The van der Waals surface area contributed by atoms with Crippen LogP contribution in [0.15, 0.2) is 12.1 Å². The summed E-state index contributed by atoms with van der Waals surface area (Å²) >= 11 is 0. The lowest BCUT2D eigenvalue weighted by Gasteiger charge is -2.19. The number of nitrogen functional groups attached to an aromatic ring is 1. The molecule has 0 bridgehead atoms. The highest BCUT2D eigenvalue weighted by Crippen LogP contribution is 2.18. The average Bonchev–Trinajstić information content (AvgIpc) is 2.39. The molecule has 0 atom stereocenters. The molecule has 100 valence electrons. The highest BCUT2D eigenvalue weighted by atomic mass is 16.2. The Labute approximate surface area is 108 Å². The van der Waals surface area contributed by atoms with Gasteiger partial charge in [-0.3, -0.25) is 4.79 Å². The number of hydrogen-bond donors (Lipinski definition) is 2. The van der Waals surface area contributed by atoms with Crippen molar-refractivity contribution in [3.8, 4) is 0 Å². The number of pyridine rings is 1. The fourth-order valence-corrected chi connectivity index (χ4v) is 1.74. The minimum absolute atomic E-state index is 0.0146. The minimum atomic E-state index is 0.0146. The number of nitrogens with two attached hydrogens (primary N) is 1. The van der Waals surface area contributed by atoms with Gasteiger partial charge in [-0.1, -0.05) is 13.8 Å². The summed E-state index contributed by atoms with van der Waals surface area (Å²) in [6.07, 6.45) is 0. The summed E-state index contributed by atoms with van der Waals surface area (Å²) in [4.78, 5) is 18.4. The van der Waals surface area contributed by atoms with E-state index in [0.717, 1.165) is 5.69 Å². The summed E-state index contributed by atoms with van der Waals surface area (Å²) in [5.41, 5.74) is 4.00. The molecule has 0 aromatic carbocycles. The number of aromatic nitrogens is 1. The van der Waals surface area contributed by atoms with Crippen molar-refractivity contribution < 1.29 is 4.79 Å². The molecule has 3 N–H and O–H groups in total. The summed E-state index contributed by atoms with van der Waals surface area (Å²) in [7, 11) is 0. The van der Waals surface area contributed by atoms with E-state index in [1.807, 2.05) is 33.8 Å². The van der Waals surface area contributed by atoms with E-state index in [1.54, 1.807) is 11.0 Å². The molecule has 0 spiro atoms. The Morgan fingerprint density at radius 3 is 2.44 bits per heavy atom. The third-order valence-corrected chi connectivity index (χ3v) is 2.88. The van der Waals surface area contributed by atoms with Gasteiger partial charge < -0.3 is 10.3 Å². The molecule has 0 unspecified atom stereocenters. The van der Waals surface area contributed by atoms with E-state index < -0.39 is 0 Å². The number of anilines is 1. The zero-order chi connectivity index (χ0) is 13.7. The molecule has 0 aliphatic carbocycles. The van der Waals surface area contributed by atoms with Crippen molar-refractivity contribution in [3.63, 3.8) is 0 Å². The Balaban J connectivity index is 3.15. The first kappa shape index (κ1) is 14.4. The van der Waals surface area contributed by atoms with Crippen molar-refractivity contribution in [2.75, 3.05) is 18.5 Å². The van der Waals surface area contributed by atoms with E-state index in [2.05, 4.69) is 10.4 Å². The quantitative estimate of drug-likeness (QED) is 0.619. The zero-order valence-corrected chi connectivity index (χ0v) is 11.5. The maximum Gasteiger partial charge on any atom is 0.254 e. The smallest absolute Gasteiger partial charge is 0.254 e. The second kappa shape index (κ2) is 6.35. The molecule has 1 aromatic rings. The van der Waals surface area contributed by atoms with Crippen molar-refractivity contribution >= 4 is 11.7 Å². The van der Waals surface area contributed by atoms with Crippen LogP contribution in [0.5, 0.6) is 0 Å². The van der Waals surface area contributed by atoms with Crippen LogP contribution in [0.25, 0.3) is 0 Å². The normalized spacial score (nSPS) is 10.6. The molecule has 0 radical (unpaired) electrons. The van der Waals surface area contributed by atoms with Crippen LogP contribution in [0.3, 0.4) is 0 Å². The summed E-state index contributed by atoms with van der Waals surface area (Å²) < 4.78 is 0. The Morgan fingerprint density at radius 2 is 2.00 bits per heavy atom. The van der Waals surface area contributed by atoms with Crippen LogP contribution in [0.4, 0.5) is 5.82 Å². The molecule has 0 aliphatic rings. The zero-order valence-electron chi connectivity index (χ0n) is 11.5. The largest absolute Gasteiger partial charge is 0.339 e. The van der Waals surface area contributed by atoms with E-state index in [4.69, 9.17) is 5.84 Å². The lowest BCUT2D eigenvalue weighted by atomic mass is 10.1. The van der Waals surface area contributed by atoms with Crippen LogP contribution in [0, 0.1) is 0 Å². The highest BCUT2D eigenvalue weighted by molar-refractivity contribution is 5.95. The Kier molecular flexibility index (Phi) is 5.09. The summed E-state index contributed by atoms with van der Waals surface area (Å²) in [6, 6.07) is 3.53. The van der Waals surface area contributed by atoms with Gasteiger partial charge in [-0.05, 0) is 31.9 Å². The van der Waals surface area contributed by atoms with E-state index in [0.29, 0.717) is 24.5 Å². The van der Waals surface area contributed by atoms with Gasteiger partial charge in [-0.15, -0.1) is 0 Å². The van der Waals surface area contributed by atoms with Gasteiger partial charge in [0.1, 0.15) is 5.82 Å². The van der Waals surface area contributed by atoms with Crippen LogP contribution >= 0.6 is 0 Å². The van der Waals surface area contributed by atoms with Gasteiger partial charge in [0.05, 0.1) is 0 Å². The van der Waals surface area contributed by atoms with Gasteiger partial charge in [-0.2, -0.15) is 0 Å². The number of hydrogen-bond acceptors (Lipinski definition) is 4. The predicted molar refractivity (Wildman–Crippen MR) is 73.4 cm³/mol. The standard InChI is InChI=1S/C13H22N4O/c1-5-17(6-2)13(18)10-7-11(9(3)4)15-12(8-10)16-14/h7-9H,5-6,14H2,1-4H3,(H,15,16). The van der Waals surface area contributed by atoms with Crippen LogP contribution in [0.2, 0.25) is 0 Å². The number of amides is 1. The first-order valence-electron chi connectivity index (χ1n) is 6.31. The Morgan fingerprint density at radius 1 is 1.39 bits per heavy atom. The molecule has 1 amide bonds. The van der Waals surface area contributed by atoms with Crippen LogP contribution in [0.1, 0.15) is 49.7 Å². The number of hydrazine groups is 1. The molecule has 1 aromatic heterocycles. The third-order valence-electron chi connectivity index (χ3n) is 2.88. The summed E-state index contributed by atoms with van der Waals surface area (Å²) in [6.45, 7) is 9.39. The van der Waals surface area contributed by atoms with Crippen LogP contribution in [-0.4, -0.2) is 28.9 Å². The molecular weight excluding hydrogens is 228 g/mol. The molecule has 18 heavy (non-hydrogen) atoms. The number of carbonyl (C=O) groups excluding carboxylic acids is 1. The van der Waals surface area contributed by atoms with Crippen molar-refractivity contribution in [2.24, 2.45) is 5.84 Å². The molecule has 0 aliphatic heterocycles. The monoisotopic (exact) mass is 250 g/mol. The molecule has 1 rings (SSSR count). The number of rotatable bonds is 5. The van der Waals surface area contributed by atoms with E-state index in [-0.39, 0.29) is 11.8 Å². The Hall–Kier alpha value is -1.62. The van der Waals surface area contributed by atoms with E-state index >= 15 is 0 Å². The topological polar surface area (TPSA) is 71.2 Å². The SMILES string of the molecule is CCN(CC)C(=O)c1cc(NN)nc(C(C)C)c1. The third kappa shape index (κ3) is 3.20. The number of nitrogens with zero attached hydrogens (tertiary/aromatic N) is 2. The van der Waals surface area contributed by atoms with Gasteiger partial charge in [0.15, 0.2) is 0 Å². The van der Waals surface area contributed by atoms with Crippen molar-refractivity contribution in [2.45, 2.75) is 33.6 Å². The van der Waals surface area contributed by atoms with Crippen LogP contribution < -0.4 is 11.3 Å². The summed E-state index contributed by atoms with van der Waals surface area (Å²) in [5.74, 6) is 6.18. The number of nitrogens with one attached hydrogen (secondary N) is 1. The molecule has 5 nitrogen and oxygen atoms in total. The van der Waals surface area contributed by atoms with E-state index in [9.17, 15) is 4.79 Å². The molecule has 0 saturated carbocycles.